The molecular formula is C24H30N6O2. The summed E-state index contributed by atoms with van der Waals surface area (Å²) in [5.41, 5.74) is 8.17. The van der Waals surface area contributed by atoms with Gasteiger partial charge in [0.2, 0.25) is 0 Å². The number of hydrogen-bond acceptors (Lipinski definition) is 6. The van der Waals surface area contributed by atoms with Gasteiger partial charge in [0.15, 0.2) is 0 Å². The maximum atomic E-state index is 13.5. The first-order valence-corrected chi connectivity index (χ1v) is 11.0. The minimum atomic E-state index is -0.362. The number of piperidine rings is 1. The molecule has 1 aliphatic rings. The SMILES string of the molecule is CC(C)=CCn1c(N2CCC[C@@H](N)C2)cc(=O)n(Cc2nc(C)c3ccccc3n2)c1=O. The zero-order valence-corrected chi connectivity index (χ0v) is 18.9. The maximum absolute atomic E-state index is 13.5. The molecule has 8 heteroatoms. The molecule has 0 aliphatic carbocycles. The molecule has 1 aliphatic heterocycles. The Labute approximate surface area is 187 Å². The maximum Gasteiger partial charge on any atom is 0.333 e. The predicted octanol–water partition coefficient (Wildman–Crippen LogP) is 2.20. The van der Waals surface area contributed by atoms with Crippen molar-refractivity contribution in [2.45, 2.75) is 52.7 Å². The lowest BCUT2D eigenvalue weighted by Crippen LogP contribution is -2.48. The van der Waals surface area contributed by atoms with Crippen molar-refractivity contribution in [2.24, 2.45) is 5.73 Å². The minimum Gasteiger partial charge on any atom is -0.356 e. The summed E-state index contributed by atoms with van der Waals surface area (Å²) in [4.78, 5) is 37.7. The smallest absolute Gasteiger partial charge is 0.333 e. The fraction of sp³-hybridized carbons (Fsp3) is 0.417. The molecule has 0 amide bonds. The second-order valence-corrected chi connectivity index (χ2v) is 8.69. The Morgan fingerprint density at radius 1 is 1.19 bits per heavy atom. The highest BCUT2D eigenvalue weighted by atomic mass is 16.2. The van der Waals surface area contributed by atoms with Gasteiger partial charge in [0.05, 0.1) is 12.1 Å². The van der Waals surface area contributed by atoms with E-state index >= 15 is 0 Å². The lowest BCUT2D eigenvalue weighted by molar-refractivity contribution is 0.490. The van der Waals surface area contributed by atoms with Gasteiger partial charge in [0, 0.05) is 42.8 Å². The summed E-state index contributed by atoms with van der Waals surface area (Å²) in [5.74, 6) is 1.07. The third-order valence-electron chi connectivity index (χ3n) is 5.86. The van der Waals surface area contributed by atoms with Gasteiger partial charge >= 0.3 is 5.69 Å². The molecule has 0 radical (unpaired) electrons. The van der Waals surface area contributed by atoms with Gasteiger partial charge in [-0.2, -0.15) is 0 Å². The Bertz CT molecular complexity index is 1290. The molecule has 168 valence electrons. The van der Waals surface area contributed by atoms with Crippen molar-refractivity contribution in [2.75, 3.05) is 18.0 Å². The highest BCUT2D eigenvalue weighted by Gasteiger charge is 2.22. The fourth-order valence-electron chi connectivity index (χ4n) is 4.18. The second-order valence-electron chi connectivity index (χ2n) is 8.69. The van der Waals surface area contributed by atoms with Crippen molar-refractivity contribution in [3.8, 4) is 0 Å². The van der Waals surface area contributed by atoms with E-state index in [2.05, 4.69) is 14.9 Å². The largest absolute Gasteiger partial charge is 0.356 e. The van der Waals surface area contributed by atoms with Crippen molar-refractivity contribution < 1.29 is 0 Å². The van der Waals surface area contributed by atoms with Crippen LogP contribution in [-0.2, 0) is 13.1 Å². The molecule has 2 N–H and O–H groups in total. The van der Waals surface area contributed by atoms with Gasteiger partial charge in [-0.1, -0.05) is 29.8 Å². The van der Waals surface area contributed by atoms with Gasteiger partial charge in [0.25, 0.3) is 5.56 Å². The van der Waals surface area contributed by atoms with Crippen molar-refractivity contribution in [3.05, 3.63) is 74.3 Å². The van der Waals surface area contributed by atoms with Crippen molar-refractivity contribution >= 4 is 16.7 Å². The Kier molecular flexibility index (Phi) is 6.23. The number of aryl methyl sites for hydroxylation is 1. The van der Waals surface area contributed by atoms with Crippen LogP contribution in [0.4, 0.5) is 5.82 Å². The van der Waals surface area contributed by atoms with Crippen LogP contribution in [0.3, 0.4) is 0 Å². The summed E-state index contributed by atoms with van der Waals surface area (Å²) in [6.45, 7) is 7.71. The van der Waals surface area contributed by atoms with Crippen molar-refractivity contribution in [1.82, 2.24) is 19.1 Å². The zero-order valence-electron chi connectivity index (χ0n) is 18.9. The number of rotatable bonds is 5. The molecule has 2 aromatic heterocycles. The van der Waals surface area contributed by atoms with Gasteiger partial charge in [-0.15, -0.1) is 0 Å². The Hall–Kier alpha value is -3.26. The molecule has 4 rings (SSSR count). The van der Waals surface area contributed by atoms with Crippen LogP contribution < -0.4 is 21.9 Å². The van der Waals surface area contributed by atoms with E-state index in [0.29, 0.717) is 24.7 Å². The van der Waals surface area contributed by atoms with Crippen molar-refractivity contribution in [1.29, 1.82) is 0 Å². The summed E-state index contributed by atoms with van der Waals surface area (Å²) in [5, 5.41) is 0.960. The summed E-state index contributed by atoms with van der Waals surface area (Å²) in [6.07, 6.45) is 3.87. The average Bonchev–Trinajstić information content (AvgIpc) is 2.75. The first kappa shape index (κ1) is 22.0. The van der Waals surface area contributed by atoms with E-state index in [9.17, 15) is 9.59 Å². The van der Waals surface area contributed by atoms with Crippen LogP contribution in [0.2, 0.25) is 0 Å². The summed E-state index contributed by atoms with van der Waals surface area (Å²) in [6, 6.07) is 9.31. The van der Waals surface area contributed by atoms with Crippen LogP contribution in [0.25, 0.3) is 10.9 Å². The highest BCUT2D eigenvalue weighted by Crippen LogP contribution is 2.18. The number of allylic oxidation sites excluding steroid dienone is 2. The molecule has 0 bridgehead atoms. The topological polar surface area (TPSA) is 99.0 Å². The molecule has 8 nitrogen and oxygen atoms in total. The minimum absolute atomic E-state index is 0.0258. The number of nitrogens with two attached hydrogens (primary N) is 1. The van der Waals surface area contributed by atoms with Gasteiger partial charge in [0.1, 0.15) is 11.6 Å². The van der Waals surface area contributed by atoms with E-state index < -0.39 is 0 Å². The molecule has 3 heterocycles. The van der Waals surface area contributed by atoms with E-state index in [0.717, 1.165) is 41.6 Å². The second kappa shape index (κ2) is 9.08. The molecule has 1 atom stereocenters. The van der Waals surface area contributed by atoms with Crippen LogP contribution in [0, 0.1) is 6.92 Å². The number of fused-ring (bicyclic) bond motifs is 1. The molecule has 32 heavy (non-hydrogen) atoms. The van der Waals surface area contributed by atoms with E-state index in [1.165, 1.54) is 4.57 Å². The fourth-order valence-corrected chi connectivity index (χ4v) is 4.18. The van der Waals surface area contributed by atoms with Gasteiger partial charge in [-0.05, 0) is 39.7 Å². The Morgan fingerprint density at radius 2 is 1.97 bits per heavy atom. The van der Waals surface area contributed by atoms with Gasteiger partial charge < -0.3 is 10.6 Å². The number of hydrogen-bond donors (Lipinski definition) is 1. The van der Waals surface area contributed by atoms with Gasteiger partial charge in [-0.25, -0.2) is 14.8 Å². The van der Waals surface area contributed by atoms with E-state index in [4.69, 9.17) is 5.73 Å². The lowest BCUT2D eigenvalue weighted by Gasteiger charge is -2.34. The van der Waals surface area contributed by atoms with Crippen LogP contribution >= 0.6 is 0 Å². The molecule has 0 saturated carbocycles. The molecule has 0 unspecified atom stereocenters. The third kappa shape index (κ3) is 4.50. The van der Waals surface area contributed by atoms with Gasteiger partial charge in [-0.3, -0.25) is 13.9 Å². The molecule has 1 aromatic carbocycles. The summed E-state index contributed by atoms with van der Waals surface area (Å²) in [7, 11) is 0. The molecule has 1 saturated heterocycles. The Morgan fingerprint density at radius 3 is 2.72 bits per heavy atom. The number of nitrogens with zero attached hydrogens (tertiary/aromatic N) is 5. The summed E-state index contributed by atoms with van der Waals surface area (Å²) >= 11 is 0. The first-order valence-electron chi connectivity index (χ1n) is 11.0. The van der Waals surface area contributed by atoms with Crippen LogP contribution in [0.5, 0.6) is 0 Å². The van der Waals surface area contributed by atoms with Crippen LogP contribution in [0.1, 0.15) is 38.2 Å². The Balaban J connectivity index is 1.79. The number of aromatic nitrogens is 4. The van der Waals surface area contributed by atoms with Crippen LogP contribution in [0.15, 0.2) is 51.6 Å². The number of para-hydroxylation sites is 1. The van der Waals surface area contributed by atoms with E-state index in [1.807, 2.05) is 51.1 Å². The lowest BCUT2D eigenvalue weighted by atomic mass is 10.1. The number of benzene rings is 1. The van der Waals surface area contributed by atoms with E-state index in [1.54, 1.807) is 10.6 Å². The van der Waals surface area contributed by atoms with Crippen molar-refractivity contribution in [3.63, 3.8) is 0 Å². The highest BCUT2D eigenvalue weighted by molar-refractivity contribution is 5.80. The molecule has 0 spiro atoms. The quantitative estimate of drug-likeness (QED) is 0.618. The monoisotopic (exact) mass is 434 g/mol. The molecular weight excluding hydrogens is 404 g/mol. The molecule has 1 fully saturated rings. The number of anilines is 1. The normalized spacial score (nSPS) is 16.4. The predicted molar refractivity (Wildman–Crippen MR) is 127 cm³/mol. The third-order valence-corrected chi connectivity index (χ3v) is 5.86. The molecule has 3 aromatic rings. The average molecular weight is 435 g/mol. The first-order chi connectivity index (χ1) is 15.3. The standard InChI is InChI=1S/C24H30N6O2/c1-16(2)10-12-29-22(28-11-6-7-18(25)14-28)13-23(31)30(24(29)32)15-21-26-17(3)19-8-4-5-9-20(19)27-21/h4-5,8-10,13,18H,6-7,11-12,14-15,25H2,1-3H3/t18-/m1/s1. The van der Waals surface area contributed by atoms with Crippen LogP contribution in [-0.4, -0.2) is 38.2 Å². The van der Waals surface area contributed by atoms with E-state index in [-0.39, 0.29) is 23.8 Å². The summed E-state index contributed by atoms with van der Waals surface area (Å²) < 4.78 is 2.87. The zero-order chi connectivity index (χ0) is 22.8.